The summed E-state index contributed by atoms with van der Waals surface area (Å²) in [5, 5.41) is 8.67. The number of rotatable bonds is 6. The first-order valence-corrected chi connectivity index (χ1v) is 4.89. The van der Waals surface area contributed by atoms with Gasteiger partial charge in [-0.2, -0.15) is 0 Å². The number of hydrogen-bond donors (Lipinski definition) is 3. The summed E-state index contributed by atoms with van der Waals surface area (Å²) in [6.45, 7) is 1.90. The zero-order chi connectivity index (χ0) is 8.69. The van der Waals surface area contributed by atoms with E-state index >= 15 is 0 Å². The lowest BCUT2D eigenvalue weighted by Gasteiger charge is -2.09. The van der Waals surface area contributed by atoms with Crippen LogP contribution < -0.4 is 4.72 Å². The van der Waals surface area contributed by atoms with E-state index < -0.39 is 10.9 Å². The number of aliphatic hydroxyl groups is 1. The van der Waals surface area contributed by atoms with Crippen molar-refractivity contribution in [2.45, 2.75) is 32.2 Å². The van der Waals surface area contributed by atoms with E-state index in [9.17, 15) is 8.42 Å². The van der Waals surface area contributed by atoms with Gasteiger partial charge in [0.05, 0.1) is 6.61 Å². The van der Waals surface area contributed by atoms with Gasteiger partial charge in [0.25, 0.3) is 0 Å². The highest BCUT2D eigenvalue weighted by Crippen LogP contribution is 1.98. The Hall–Kier alpha value is -0.130. The molecule has 0 amide bonds. The van der Waals surface area contributed by atoms with Crippen molar-refractivity contribution in [2.75, 3.05) is 6.61 Å². The Morgan fingerprint density at radius 1 is 1.55 bits per heavy atom. The Balaban J connectivity index is 3.57. The smallest absolute Gasteiger partial charge is 0.201 e. The molecule has 0 saturated carbocycles. The molecule has 0 aliphatic carbocycles. The molecule has 11 heavy (non-hydrogen) atoms. The van der Waals surface area contributed by atoms with E-state index in [-0.39, 0.29) is 12.6 Å². The minimum Gasteiger partial charge on any atom is -0.395 e. The van der Waals surface area contributed by atoms with Crippen LogP contribution in [0.2, 0.25) is 0 Å². The molecule has 0 heterocycles. The molecule has 4 nitrogen and oxygen atoms in total. The highest BCUT2D eigenvalue weighted by Gasteiger charge is 2.05. The number of nitrogens with one attached hydrogen (secondary N) is 1. The first kappa shape index (κ1) is 10.9. The fraction of sp³-hybridized carbons (Fsp3) is 1.00. The minimum absolute atomic E-state index is 0.122. The summed E-state index contributed by atoms with van der Waals surface area (Å²) in [5.41, 5.74) is 0. The van der Waals surface area contributed by atoms with Gasteiger partial charge in [-0.3, -0.25) is 0 Å². The summed E-state index contributed by atoms with van der Waals surface area (Å²) in [6, 6.07) is -0.295. The molecule has 0 saturated heterocycles. The molecule has 0 radical (unpaired) electrons. The molecule has 0 aromatic carbocycles. The monoisotopic (exact) mass is 181 g/mol. The summed E-state index contributed by atoms with van der Waals surface area (Å²) in [4.78, 5) is 0. The van der Waals surface area contributed by atoms with Crippen LogP contribution in [-0.4, -0.2) is 26.2 Å². The Bertz CT molecular complexity index is 150. The molecule has 0 fully saturated rings. The fourth-order valence-corrected chi connectivity index (χ4v) is 1.31. The SMILES string of the molecule is CCCCC(CO)N[SH](=O)=O. The molecule has 5 heteroatoms. The van der Waals surface area contributed by atoms with Crippen molar-refractivity contribution in [3.63, 3.8) is 0 Å². The van der Waals surface area contributed by atoms with E-state index in [4.69, 9.17) is 5.11 Å². The van der Waals surface area contributed by atoms with Gasteiger partial charge in [0.1, 0.15) is 0 Å². The van der Waals surface area contributed by atoms with Gasteiger partial charge in [0.15, 0.2) is 0 Å². The molecule has 2 N–H and O–H groups in total. The van der Waals surface area contributed by atoms with Crippen LogP contribution in [0.25, 0.3) is 0 Å². The third kappa shape index (κ3) is 6.28. The first-order chi connectivity index (χ1) is 5.20. The van der Waals surface area contributed by atoms with Crippen molar-refractivity contribution in [1.29, 1.82) is 0 Å². The first-order valence-electron chi connectivity index (χ1n) is 3.72. The molecule has 0 aliphatic heterocycles. The Morgan fingerprint density at radius 3 is 2.55 bits per heavy atom. The van der Waals surface area contributed by atoms with Crippen molar-refractivity contribution in [1.82, 2.24) is 4.72 Å². The van der Waals surface area contributed by atoms with Crippen molar-refractivity contribution in [3.05, 3.63) is 0 Å². The summed E-state index contributed by atoms with van der Waals surface area (Å²) < 4.78 is 22.6. The van der Waals surface area contributed by atoms with Gasteiger partial charge in [-0.15, -0.1) is 0 Å². The second kappa shape index (κ2) is 6.57. The van der Waals surface area contributed by atoms with Gasteiger partial charge in [0.2, 0.25) is 10.9 Å². The zero-order valence-corrected chi connectivity index (χ0v) is 7.51. The topological polar surface area (TPSA) is 66.4 Å². The molecule has 0 aromatic rings. The van der Waals surface area contributed by atoms with Crippen molar-refractivity contribution in [2.24, 2.45) is 0 Å². The predicted octanol–water partition coefficient (Wildman–Crippen LogP) is -0.346. The molecular weight excluding hydrogens is 166 g/mol. The quantitative estimate of drug-likeness (QED) is 0.491. The third-order valence-corrected chi connectivity index (χ3v) is 1.99. The van der Waals surface area contributed by atoms with Crippen LogP contribution in [0.5, 0.6) is 0 Å². The summed E-state index contributed by atoms with van der Waals surface area (Å²) >= 11 is 0. The van der Waals surface area contributed by atoms with Crippen LogP contribution in [0, 0.1) is 0 Å². The van der Waals surface area contributed by atoms with Gasteiger partial charge in [0, 0.05) is 6.04 Å². The van der Waals surface area contributed by atoms with Crippen molar-refractivity contribution < 1.29 is 13.5 Å². The normalized spacial score (nSPS) is 13.7. The van der Waals surface area contributed by atoms with Crippen LogP contribution in [0.3, 0.4) is 0 Å². The molecular formula is C6H15NO3S. The maximum Gasteiger partial charge on any atom is 0.201 e. The van der Waals surface area contributed by atoms with Gasteiger partial charge < -0.3 is 5.11 Å². The molecule has 1 atom stereocenters. The van der Waals surface area contributed by atoms with Crippen LogP contribution in [0.15, 0.2) is 0 Å². The number of hydrogen-bond acceptors (Lipinski definition) is 3. The van der Waals surface area contributed by atoms with E-state index in [1.54, 1.807) is 0 Å². The Morgan fingerprint density at radius 2 is 2.18 bits per heavy atom. The predicted molar refractivity (Wildman–Crippen MR) is 43.8 cm³/mol. The Kier molecular flexibility index (Phi) is 6.49. The zero-order valence-electron chi connectivity index (χ0n) is 6.62. The standard InChI is InChI=1S/C6H15NO3S/c1-2-3-4-6(5-8)7-11(9)10/h6,8,11H,2-5H2,1H3,(H,7,9,10). The summed E-state index contributed by atoms with van der Waals surface area (Å²) in [6.07, 6.45) is 2.64. The molecule has 68 valence electrons. The Labute approximate surface area is 68.7 Å². The van der Waals surface area contributed by atoms with Crippen molar-refractivity contribution >= 4 is 10.9 Å². The summed E-state index contributed by atoms with van der Waals surface area (Å²) in [7, 11) is -2.57. The highest BCUT2D eigenvalue weighted by atomic mass is 32.2. The van der Waals surface area contributed by atoms with Crippen LogP contribution >= 0.6 is 0 Å². The van der Waals surface area contributed by atoms with E-state index in [2.05, 4.69) is 4.72 Å². The maximum atomic E-state index is 10.1. The lowest BCUT2D eigenvalue weighted by molar-refractivity contribution is 0.249. The lowest BCUT2D eigenvalue weighted by Crippen LogP contribution is -2.30. The maximum absolute atomic E-state index is 10.1. The van der Waals surface area contributed by atoms with Crippen LogP contribution in [0.1, 0.15) is 26.2 Å². The molecule has 0 spiro atoms. The second-order valence-corrected chi connectivity index (χ2v) is 3.18. The average Bonchev–Trinajstić information content (AvgIpc) is 1.97. The second-order valence-electron chi connectivity index (χ2n) is 2.41. The molecule has 1 unspecified atom stereocenters. The number of unbranched alkanes of at least 4 members (excludes halogenated alkanes) is 1. The van der Waals surface area contributed by atoms with Crippen LogP contribution in [0.4, 0.5) is 0 Å². The fourth-order valence-electron chi connectivity index (χ4n) is 0.796. The molecule has 0 bridgehead atoms. The summed E-state index contributed by atoms with van der Waals surface area (Å²) in [5.74, 6) is 0. The number of aliphatic hydroxyl groups excluding tert-OH is 1. The third-order valence-electron chi connectivity index (χ3n) is 1.41. The highest BCUT2D eigenvalue weighted by molar-refractivity contribution is 7.70. The van der Waals surface area contributed by atoms with Gasteiger partial charge in [-0.1, -0.05) is 19.8 Å². The van der Waals surface area contributed by atoms with Crippen LogP contribution in [-0.2, 0) is 10.9 Å². The van der Waals surface area contributed by atoms with Gasteiger partial charge >= 0.3 is 0 Å². The number of thiol groups is 1. The van der Waals surface area contributed by atoms with Gasteiger partial charge in [-0.25, -0.2) is 13.1 Å². The lowest BCUT2D eigenvalue weighted by atomic mass is 10.1. The van der Waals surface area contributed by atoms with Crippen molar-refractivity contribution in [3.8, 4) is 0 Å². The largest absolute Gasteiger partial charge is 0.395 e. The van der Waals surface area contributed by atoms with E-state index in [1.807, 2.05) is 6.92 Å². The minimum atomic E-state index is -2.57. The average molecular weight is 181 g/mol. The van der Waals surface area contributed by atoms with E-state index in [0.717, 1.165) is 12.8 Å². The van der Waals surface area contributed by atoms with E-state index in [1.165, 1.54) is 0 Å². The molecule has 0 aromatic heterocycles. The van der Waals surface area contributed by atoms with Gasteiger partial charge in [-0.05, 0) is 6.42 Å². The molecule has 0 aliphatic rings. The van der Waals surface area contributed by atoms with E-state index in [0.29, 0.717) is 6.42 Å². The molecule has 0 rings (SSSR count).